The summed E-state index contributed by atoms with van der Waals surface area (Å²) in [5.74, 6) is 1.97. The summed E-state index contributed by atoms with van der Waals surface area (Å²) in [6.45, 7) is 3.19. The average molecular weight is 252 g/mol. The van der Waals surface area contributed by atoms with Crippen molar-refractivity contribution in [2.75, 3.05) is 26.1 Å². The predicted octanol–water partition coefficient (Wildman–Crippen LogP) is 1.74. The molecule has 2 rings (SSSR count). The van der Waals surface area contributed by atoms with Gasteiger partial charge in [0.1, 0.15) is 0 Å². The maximum absolute atomic E-state index is 5.01. The van der Waals surface area contributed by atoms with Crippen LogP contribution >= 0.6 is 0 Å². The van der Waals surface area contributed by atoms with Gasteiger partial charge in [-0.15, -0.1) is 4.98 Å². The van der Waals surface area contributed by atoms with E-state index in [4.69, 9.17) is 9.47 Å². The molecule has 1 heterocycles. The lowest BCUT2D eigenvalue weighted by Crippen LogP contribution is -2.18. The lowest BCUT2D eigenvalue weighted by Gasteiger charge is -2.16. The summed E-state index contributed by atoms with van der Waals surface area (Å²) < 4.78 is 10.0. The summed E-state index contributed by atoms with van der Waals surface area (Å²) in [6, 6.07) is 0.535. The van der Waals surface area contributed by atoms with Gasteiger partial charge in [-0.1, -0.05) is 19.8 Å². The Morgan fingerprint density at radius 1 is 1.11 bits per heavy atom. The fourth-order valence-electron chi connectivity index (χ4n) is 2.35. The highest BCUT2D eigenvalue weighted by molar-refractivity contribution is 5.27. The highest BCUT2D eigenvalue weighted by Gasteiger charge is 2.23. The minimum atomic E-state index is 0.267. The van der Waals surface area contributed by atoms with Crippen molar-refractivity contribution in [3.8, 4) is 12.0 Å². The van der Waals surface area contributed by atoms with Crippen LogP contribution in [-0.2, 0) is 0 Å². The van der Waals surface area contributed by atoms with Gasteiger partial charge in [0.15, 0.2) is 0 Å². The van der Waals surface area contributed by atoms with Crippen molar-refractivity contribution in [2.45, 2.75) is 26.2 Å². The molecule has 0 aliphatic heterocycles. The van der Waals surface area contributed by atoms with E-state index in [2.05, 4.69) is 27.2 Å². The van der Waals surface area contributed by atoms with Gasteiger partial charge < -0.3 is 14.8 Å². The van der Waals surface area contributed by atoms with Gasteiger partial charge in [0.05, 0.1) is 14.2 Å². The average Bonchev–Trinajstić information content (AvgIpc) is 2.81. The molecule has 0 aromatic carbocycles. The Bertz CT molecular complexity index is 377. The molecule has 6 heteroatoms. The van der Waals surface area contributed by atoms with Crippen molar-refractivity contribution in [3.05, 3.63) is 0 Å². The van der Waals surface area contributed by atoms with E-state index < -0.39 is 0 Å². The molecular formula is C12H20N4O2. The maximum Gasteiger partial charge on any atom is 0.324 e. The first-order valence-electron chi connectivity index (χ1n) is 6.31. The zero-order valence-electron chi connectivity index (χ0n) is 11.1. The number of hydrogen-bond acceptors (Lipinski definition) is 6. The molecule has 2 atom stereocenters. The topological polar surface area (TPSA) is 69.2 Å². The Kier molecular flexibility index (Phi) is 4.17. The van der Waals surface area contributed by atoms with E-state index in [0.717, 1.165) is 12.5 Å². The summed E-state index contributed by atoms with van der Waals surface area (Å²) >= 11 is 0. The van der Waals surface area contributed by atoms with E-state index >= 15 is 0 Å². The highest BCUT2D eigenvalue weighted by Crippen LogP contribution is 2.31. The van der Waals surface area contributed by atoms with Crippen LogP contribution in [0.15, 0.2) is 0 Å². The normalized spacial score (nSPS) is 22.8. The number of ether oxygens (including phenoxy) is 2. The molecular weight excluding hydrogens is 232 g/mol. The van der Waals surface area contributed by atoms with E-state index in [-0.39, 0.29) is 12.0 Å². The number of hydrogen-bond donors (Lipinski definition) is 1. The minimum absolute atomic E-state index is 0.267. The molecule has 0 bridgehead atoms. The monoisotopic (exact) mass is 252 g/mol. The third-order valence-electron chi connectivity index (χ3n) is 3.52. The summed E-state index contributed by atoms with van der Waals surface area (Å²) in [5, 5.41) is 3.24. The number of aromatic nitrogens is 3. The van der Waals surface area contributed by atoms with Crippen LogP contribution in [0.25, 0.3) is 0 Å². The molecule has 1 aromatic rings. The van der Waals surface area contributed by atoms with Gasteiger partial charge >= 0.3 is 12.0 Å². The zero-order valence-corrected chi connectivity index (χ0v) is 11.1. The first-order chi connectivity index (χ1) is 8.72. The van der Waals surface area contributed by atoms with Gasteiger partial charge in [0.2, 0.25) is 5.95 Å². The van der Waals surface area contributed by atoms with Crippen molar-refractivity contribution >= 4 is 5.95 Å². The van der Waals surface area contributed by atoms with Crippen molar-refractivity contribution < 1.29 is 9.47 Å². The Balaban J connectivity index is 1.99. The SMILES string of the molecule is COc1nc(NCC2CCCC2C)nc(OC)n1. The number of methoxy groups -OCH3 is 2. The van der Waals surface area contributed by atoms with Crippen LogP contribution < -0.4 is 14.8 Å². The molecule has 1 saturated carbocycles. The van der Waals surface area contributed by atoms with Crippen LogP contribution in [0.5, 0.6) is 12.0 Å². The number of anilines is 1. The first kappa shape index (κ1) is 12.9. The van der Waals surface area contributed by atoms with Gasteiger partial charge in [-0.05, 0) is 18.3 Å². The van der Waals surface area contributed by atoms with Crippen LogP contribution in [-0.4, -0.2) is 35.7 Å². The molecule has 0 amide bonds. The lowest BCUT2D eigenvalue weighted by molar-refractivity contribution is 0.340. The van der Waals surface area contributed by atoms with Gasteiger partial charge in [-0.25, -0.2) is 0 Å². The van der Waals surface area contributed by atoms with Crippen LogP contribution in [0.4, 0.5) is 5.95 Å². The maximum atomic E-state index is 5.01. The first-order valence-corrected chi connectivity index (χ1v) is 6.31. The zero-order chi connectivity index (χ0) is 13.0. The van der Waals surface area contributed by atoms with Gasteiger partial charge in [-0.2, -0.15) is 9.97 Å². The second-order valence-corrected chi connectivity index (χ2v) is 4.68. The van der Waals surface area contributed by atoms with E-state index in [1.165, 1.54) is 33.5 Å². The van der Waals surface area contributed by atoms with Gasteiger partial charge in [-0.3, -0.25) is 0 Å². The minimum Gasteiger partial charge on any atom is -0.467 e. The number of nitrogens with one attached hydrogen (secondary N) is 1. The molecule has 1 aliphatic rings. The standard InChI is InChI=1S/C12H20N4O2/c1-8-5-4-6-9(8)7-13-10-14-11(17-2)16-12(15-10)18-3/h8-9H,4-7H2,1-3H3,(H,13,14,15,16). The largest absolute Gasteiger partial charge is 0.467 e. The molecule has 1 N–H and O–H groups in total. The molecule has 6 nitrogen and oxygen atoms in total. The molecule has 100 valence electrons. The molecule has 0 spiro atoms. The Morgan fingerprint density at radius 3 is 2.28 bits per heavy atom. The smallest absolute Gasteiger partial charge is 0.324 e. The fraction of sp³-hybridized carbons (Fsp3) is 0.750. The van der Waals surface area contributed by atoms with Crippen molar-refractivity contribution in [1.29, 1.82) is 0 Å². The lowest BCUT2D eigenvalue weighted by atomic mass is 9.98. The van der Waals surface area contributed by atoms with E-state index in [1.807, 2.05) is 0 Å². The molecule has 18 heavy (non-hydrogen) atoms. The molecule has 2 unspecified atom stereocenters. The van der Waals surface area contributed by atoms with Crippen LogP contribution in [0.2, 0.25) is 0 Å². The summed E-state index contributed by atoms with van der Waals surface area (Å²) in [6.07, 6.45) is 3.90. The quantitative estimate of drug-likeness (QED) is 0.860. The molecule has 0 radical (unpaired) electrons. The third kappa shape index (κ3) is 3.00. The summed E-state index contributed by atoms with van der Waals surface area (Å²) in [5.41, 5.74) is 0. The van der Waals surface area contributed by atoms with Crippen molar-refractivity contribution in [2.24, 2.45) is 11.8 Å². The van der Waals surface area contributed by atoms with E-state index in [0.29, 0.717) is 11.9 Å². The molecule has 1 aliphatic carbocycles. The summed E-state index contributed by atoms with van der Waals surface area (Å²) in [4.78, 5) is 12.3. The number of nitrogens with zero attached hydrogens (tertiary/aromatic N) is 3. The highest BCUT2D eigenvalue weighted by atomic mass is 16.5. The fourth-order valence-corrected chi connectivity index (χ4v) is 2.35. The number of rotatable bonds is 5. The molecule has 0 saturated heterocycles. The van der Waals surface area contributed by atoms with Crippen LogP contribution in [0.3, 0.4) is 0 Å². The Morgan fingerprint density at radius 2 is 1.78 bits per heavy atom. The van der Waals surface area contributed by atoms with Gasteiger partial charge in [0, 0.05) is 6.54 Å². The van der Waals surface area contributed by atoms with Crippen molar-refractivity contribution in [3.63, 3.8) is 0 Å². The van der Waals surface area contributed by atoms with Gasteiger partial charge in [0.25, 0.3) is 0 Å². The molecule has 1 aromatic heterocycles. The van der Waals surface area contributed by atoms with Crippen molar-refractivity contribution in [1.82, 2.24) is 15.0 Å². The van der Waals surface area contributed by atoms with E-state index in [9.17, 15) is 0 Å². The molecule has 1 fully saturated rings. The second-order valence-electron chi connectivity index (χ2n) is 4.68. The third-order valence-corrected chi connectivity index (χ3v) is 3.52. The second kappa shape index (κ2) is 5.84. The van der Waals surface area contributed by atoms with E-state index in [1.54, 1.807) is 0 Å². The Hall–Kier alpha value is -1.59. The summed E-state index contributed by atoms with van der Waals surface area (Å²) in [7, 11) is 3.05. The van der Waals surface area contributed by atoms with Crippen LogP contribution in [0.1, 0.15) is 26.2 Å². The Labute approximate surface area is 107 Å². The predicted molar refractivity (Wildman–Crippen MR) is 67.9 cm³/mol. The van der Waals surface area contributed by atoms with Crippen LogP contribution in [0, 0.1) is 11.8 Å².